The largest absolute Gasteiger partial charge is 0.342 e. The van der Waals surface area contributed by atoms with Crippen molar-refractivity contribution in [3.63, 3.8) is 0 Å². The molecule has 4 rings (SSSR count). The first kappa shape index (κ1) is 21.6. The minimum Gasteiger partial charge on any atom is -0.342 e. The molecule has 2 aliphatic rings. The number of carbonyl (C=O) groups excluding carboxylic acids is 1. The van der Waals surface area contributed by atoms with Crippen molar-refractivity contribution in [1.29, 1.82) is 0 Å². The maximum absolute atomic E-state index is 13.2. The SMILES string of the molecule is O=C1N(CCc2ccc(Cl)cc2)CCC12CCN(S(=O)(=O)c1ccccc1Cl)CC2. The van der Waals surface area contributed by atoms with Gasteiger partial charge in [0, 0.05) is 31.2 Å². The Bertz CT molecular complexity index is 1030. The van der Waals surface area contributed by atoms with Crippen LogP contribution < -0.4 is 0 Å². The number of hydrogen-bond acceptors (Lipinski definition) is 3. The number of halogens is 2. The number of amides is 1. The first-order valence-corrected chi connectivity index (χ1v) is 12.3. The van der Waals surface area contributed by atoms with Crippen molar-refractivity contribution >= 4 is 39.1 Å². The topological polar surface area (TPSA) is 57.7 Å². The molecule has 0 radical (unpaired) electrons. The van der Waals surface area contributed by atoms with Crippen molar-refractivity contribution in [3.8, 4) is 0 Å². The molecule has 2 aromatic carbocycles. The lowest BCUT2D eigenvalue weighted by Crippen LogP contribution is -2.46. The average molecular weight is 467 g/mol. The van der Waals surface area contributed by atoms with Crippen LogP contribution in [-0.2, 0) is 21.2 Å². The van der Waals surface area contributed by atoms with Crippen LogP contribution in [-0.4, -0.2) is 49.7 Å². The van der Waals surface area contributed by atoms with Crippen LogP contribution in [0.25, 0.3) is 0 Å². The summed E-state index contributed by atoms with van der Waals surface area (Å²) in [5.74, 6) is 0.159. The van der Waals surface area contributed by atoms with Gasteiger partial charge in [0.1, 0.15) is 4.90 Å². The van der Waals surface area contributed by atoms with Crippen LogP contribution in [0.3, 0.4) is 0 Å². The molecule has 2 saturated heterocycles. The van der Waals surface area contributed by atoms with Crippen LogP contribution >= 0.6 is 23.2 Å². The molecule has 0 aromatic heterocycles. The Labute approximate surface area is 187 Å². The molecule has 2 aromatic rings. The first-order valence-electron chi connectivity index (χ1n) is 10.1. The molecule has 1 amide bonds. The zero-order valence-corrected chi connectivity index (χ0v) is 18.9. The minimum atomic E-state index is -3.65. The summed E-state index contributed by atoms with van der Waals surface area (Å²) in [5, 5.41) is 0.927. The van der Waals surface area contributed by atoms with E-state index in [1.54, 1.807) is 18.2 Å². The predicted octanol–water partition coefficient (Wildman–Crippen LogP) is 4.24. The Morgan fingerprint density at radius 1 is 0.900 bits per heavy atom. The van der Waals surface area contributed by atoms with Crippen LogP contribution in [0.1, 0.15) is 24.8 Å². The van der Waals surface area contributed by atoms with Gasteiger partial charge in [-0.1, -0.05) is 47.5 Å². The molecule has 8 heteroatoms. The monoisotopic (exact) mass is 466 g/mol. The van der Waals surface area contributed by atoms with Crippen molar-refractivity contribution in [3.05, 3.63) is 64.1 Å². The predicted molar refractivity (Wildman–Crippen MR) is 118 cm³/mol. The lowest BCUT2D eigenvalue weighted by molar-refractivity contribution is -0.137. The van der Waals surface area contributed by atoms with E-state index in [-0.39, 0.29) is 15.8 Å². The Morgan fingerprint density at radius 2 is 1.53 bits per heavy atom. The summed E-state index contributed by atoms with van der Waals surface area (Å²) in [6, 6.07) is 14.2. The third-order valence-corrected chi connectivity index (χ3v) is 8.97. The van der Waals surface area contributed by atoms with Crippen molar-refractivity contribution in [1.82, 2.24) is 9.21 Å². The lowest BCUT2D eigenvalue weighted by atomic mass is 9.77. The van der Waals surface area contributed by atoms with E-state index in [1.165, 1.54) is 10.4 Å². The van der Waals surface area contributed by atoms with Gasteiger partial charge in [-0.3, -0.25) is 4.79 Å². The van der Waals surface area contributed by atoms with Gasteiger partial charge in [-0.2, -0.15) is 4.31 Å². The van der Waals surface area contributed by atoms with Gasteiger partial charge in [0.15, 0.2) is 0 Å². The summed E-state index contributed by atoms with van der Waals surface area (Å²) in [7, 11) is -3.65. The highest BCUT2D eigenvalue weighted by Crippen LogP contribution is 2.42. The van der Waals surface area contributed by atoms with E-state index >= 15 is 0 Å². The van der Waals surface area contributed by atoms with Gasteiger partial charge in [-0.15, -0.1) is 0 Å². The fourth-order valence-electron chi connectivity index (χ4n) is 4.43. The van der Waals surface area contributed by atoms with E-state index in [2.05, 4.69) is 0 Å². The molecule has 0 saturated carbocycles. The van der Waals surface area contributed by atoms with Gasteiger partial charge in [0.2, 0.25) is 15.9 Å². The second-order valence-corrected chi connectivity index (χ2v) is 10.8. The fraction of sp³-hybridized carbons (Fsp3) is 0.409. The average Bonchev–Trinajstić information content (AvgIpc) is 3.03. The molecule has 160 valence electrons. The van der Waals surface area contributed by atoms with Gasteiger partial charge in [-0.25, -0.2) is 8.42 Å². The van der Waals surface area contributed by atoms with Gasteiger partial charge in [-0.05, 0) is 55.5 Å². The Hall–Kier alpha value is -1.60. The highest BCUT2D eigenvalue weighted by molar-refractivity contribution is 7.89. The number of carbonyl (C=O) groups is 1. The van der Waals surface area contributed by atoms with Crippen LogP contribution in [0.5, 0.6) is 0 Å². The number of sulfonamides is 1. The minimum absolute atomic E-state index is 0.130. The molecule has 0 N–H and O–H groups in total. The maximum Gasteiger partial charge on any atom is 0.244 e. The van der Waals surface area contributed by atoms with Crippen LogP contribution in [0.15, 0.2) is 53.4 Å². The van der Waals surface area contributed by atoms with Crippen molar-refractivity contribution < 1.29 is 13.2 Å². The molecule has 0 unspecified atom stereocenters. The second kappa shape index (κ2) is 8.50. The lowest BCUT2D eigenvalue weighted by Gasteiger charge is -2.37. The maximum atomic E-state index is 13.2. The smallest absolute Gasteiger partial charge is 0.244 e. The molecular formula is C22H24Cl2N2O3S. The summed E-state index contributed by atoms with van der Waals surface area (Å²) >= 11 is 12.0. The number of benzene rings is 2. The highest BCUT2D eigenvalue weighted by Gasteiger charge is 2.49. The molecule has 2 aliphatic heterocycles. The molecular weight excluding hydrogens is 443 g/mol. The number of rotatable bonds is 5. The van der Waals surface area contributed by atoms with Gasteiger partial charge in [0.05, 0.1) is 10.4 Å². The molecule has 0 atom stereocenters. The Morgan fingerprint density at radius 3 is 2.20 bits per heavy atom. The van der Waals surface area contributed by atoms with Crippen LogP contribution in [0, 0.1) is 5.41 Å². The molecule has 2 fully saturated rings. The Kier molecular flexibility index (Phi) is 6.13. The second-order valence-electron chi connectivity index (χ2n) is 8.03. The summed E-state index contributed by atoms with van der Waals surface area (Å²) in [4.78, 5) is 15.2. The summed E-state index contributed by atoms with van der Waals surface area (Å²) in [5.41, 5.74) is 0.709. The zero-order valence-electron chi connectivity index (χ0n) is 16.6. The molecule has 30 heavy (non-hydrogen) atoms. The Balaban J connectivity index is 1.39. The standard InChI is InChI=1S/C22H24Cl2N2O3S/c23-18-7-5-17(6-8-18)9-13-25-14-10-22(21(25)27)11-15-26(16-12-22)30(28,29)20-4-2-1-3-19(20)24/h1-8H,9-16H2. The number of nitrogens with zero attached hydrogens (tertiary/aromatic N) is 2. The van der Waals surface area contributed by atoms with E-state index in [0.717, 1.165) is 24.9 Å². The van der Waals surface area contributed by atoms with Crippen molar-refractivity contribution in [2.24, 2.45) is 5.41 Å². The molecule has 5 nitrogen and oxygen atoms in total. The van der Waals surface area contributed by atoms with Gasteiger partial charge >= 0.3 is 0 Å². The molecule has 0 aliphatic carbocycles. The number of hydrogen-bond donors (Lipinski definition) is 0. The van der Waals surface area contributed by atoms with Crippen LogP contribution in [0.4, 0.5) is 0 Å². The highest BCUT2D eigenvalue weighted by atomic mass is 35.5. The van der Waals surface area contributed by atoms with Crippen molar-refractivity contribution in [2.75, 3.05) is 26.2 Å². The zero-order chi connectivity index (χ0) is 21.4. The molecule has 0 bridgehead atoms. The number of piperidine rings is 1. The van der Waals surface area contributed by atoms with E-state index in [4.69, 9.17) is 23.2 Å². The van der Waals surface area contributed by atoms with E-state index < -0.39 is 15.4 Å². The molecule has 2 heterocycles. The van der Waals surface area contributed by atoms with E-state index in [0.29, 0.717) is 37.5 Å². The third kappa shape index (κ3) is 4.11. The summed E-state index contributed by atoms with van der Waals surface area (Å²) in [6.45, 7) is 2.07. The first-order chi connectivity index (χ1) is 14.3. The quantitative estimate of drug-likeness (QED) is 0.661. The molecule has 1 spiro atoms. The van der Waals surface area contributed by atoms with Crippen molar-refractivity contribution in [2.45, 2.75) is 30.6 Å². The third-order valence-electron chi connectivity index (χ3n) is 6.32. The summed E-state index contributed by atoms with van der Waals surface area (Å²) in [6.07, 6.45) is 2.67. The van der Waals surface area contributed by atoms with Gasteiger partial charge < -0.3 is 4.90 Å². The van der Waals surface area contributed by atoms with Gasteiger partial charge in [0.25, 0.3) is 0 Å². The van der Waals surface area contributed by atoms with E-state index in [9.17, 15) is 13.2 Å². The van der Waals surface area contributed by atoms with Crippen LogP contribution in [0.2, 0.25) is 10.0 Å². The number of likely N-dealkylation sites (tertiary alicyclic amines) is 1. The fourth-order valence-corrected chi connectivity index (χ4v) is 6.49. The van der Waals surface area contributed by atoms with E-state index in [1.807, 2.05) is 29.2 Å². The normalized spacial score (nSPS) is 19.5. The summed E-state index contributed by atoms with van der Waals surface area (Å²) < 4.78 is 27.4.